The van der Waals surface area contributed by atoms with Gasteiger partial charge in [-0.1, -0.05) is 26.7 Å². The smallest absolute Gasteiger partial charge is 0.211 e. The van der Waals surface area contributed by atoms with Crippen molar-refractivity contribution in [3.8, 4) is 0 Å². The molecule has 0 aromatic heterocycles. The Hall–Kier alpha value is -0.130. The van der Waals surface area contributed by atoms with E-state index in [2.05, 4.69) is 34.4 Å². The summed E-state index contributed by atoms with van der Waals surface area (Å²) in [4.78, 5) is 7.04. The lowest BCUT2D eigenvalue weighted by Gasteiger charge is -2.34. The highest BCUT2D eigenvalue weighted by molar-refractivity contribution is 14.0. The predicted molar refractivity (Wildman–Crippen MR) is 133 cm³/mol. The van der Waals surface area contributed by atoms with E-state index in [0.29, 0.717) is 31.0 Å². The van der Waals surface area contributed by atoms with Crippen LogP contribution < -0.4 is 10.6 Å². The van der Waals surface area contributed by atoms with Gasteiger partial charge in [0.1, 0.15) is 0 Å². The summed E-state index contributed by atoms with van der Waals surface area (Å²) in [6.45, 7) is 10.0. The molecule has 172 valence electrons. The number of hydrogen-bond donors (Lipinski definition) is 2. The number of nitrogens with one attached hydrogen (secondary N) is 2. The van der Waals surface area contributed by atoms with Gasteiger partial charge in [0, 0.05) is 39.3 Å². The van der Waals surface area contributed by atoms with Crippen molar-refractivity contribution < 1.29 is 8.42 Å². The molecule has 2 N–H and O–H groups in total. The number of aliphatic imine (C=N–C) groups is 1. The average molecular weight is 544 g/mol. The molecule has 2 heterocycles. The van der Waals surface area contributed by atoms with Crippen LogP contribution in [0.1, 0.15) is 52.4 Å². The van der Waals surface area contributed by atoms with Gasteiger partial charge in [0.25, 0.3) is 0 Å². The highest BCUT2D eigenvalue weighted by Gasteiger charge is 2.25. The number of halogens is 1. The normalized spacial score (nSPS) is 22.0. The highest BCUT2D eigenvalue weighted by Crippen LogP contribution is 2.19. The molecule has 9 heteroatoms. The highest BCUT2D eigenvalue weighted by atomic mass is 127. The molecule has 1 unspecified atom stereocenters. The second-order valence-electron chi connectivity index (χ2n) is 8.70. The lowest BCUT2D eigenvalue weighted by atomic mass is 9.98. The van der Waals surface area contributed by atoms with Crippen molar-refractivity contribution in [2.75, 3.05) is 52.6 Å². The monoisotopic (exact) mass is 543 g/mol. The van der Waals surface area contributed by atoms with E-state index in [-0.39, 0.29) is 24.0 Å². The summed E-state index contributed by atoms with van der Waals surface area (Å²) in [5.41, 5.74) is 0. The Kier molecular flexibility index (Phi) is 12.4. The van der Waals surface area contributed by atoms with E-state index in [1.165, 1.54) is 45.0 Å². The van der Waals surface area contributed by atoms with E-state index in [1.54, 1.807) is 4.31 Å². The number of likely N-dealkylation sites (tertiary alicyclic amines) is 1. The topological polar surface area (TPSA) is 77.0 Å². The lowest BCUT2D eigenvalue weighted by Crippen LogP contribution is -2.50. The molecule has 7 nitrogen and oxygen atoms in total. The van der Waals surface area contributed by atoms with Crippen molar-refractivity contribution >= 4 is 40.0 Å². The molecule has 0 bridgehead atoms. The molecule has 1 atom stereocenters. The first-order valence-corrected chi connectivity index (χ1v) is 12.8. The molecule has 2 rings (SSSR count). The fourth-order valence-electron chi connectivity index (χ4n) is 4.32. The molecule has 0 amide bonds. The molecule has 2 saturated heterocycles. The molecule has 2 fully saturated rings. The molecule has 0 spiro atoms. The van der Waals surface area contributed by atoms with Crippen molar-refractivity contribution in [1.29, 1.82) is 0 Å². The summed E-state index contributed by atoms with van der Waals surface area (Å²) in [6.07, 6.45) is 8.43. The molecule has 2 aliphatic heterocycles. The molecule has 29 heavy (non-hydrogen) atoms. The van der Waals surface area contributed by atoms with E-state index in [4.69, 9.17) is 0 Å². The van der Waals surface area contributed by atoms with Crippen molar-refractivity contribution in [3.05, 3.63) is 0 Å². The molecule has 0 aromatic carbocycles. The second-order valence-corrected chi connectivity index (χ2v) is 10.7. The van der Waals surface area contributed by atoms with Crippen molar-refractivity contribution in [2.24, 2.45) is 16.8 Å². The Morgan fingerprint density at radius 2 is 1.62 bits per heavy atom. The van der Waals surface area contributed by atoms with Crippen LogP contribution in [0.4, 0.5) is 0 Å². The van der Waals surface area contributed by atoms with E-state index >= 15 is 0 Å². The van der Waals surface area contributed by atoms with Gasteiger partial charge in [-0.05, 0) is 50.6 Å². The van der Waals surface area contributed by atoms with Gasteiger partial charge in [-0.3, -0.25) is 9.89 Å². The summed E-state index contributed by atoms with van der Waals surface area (Å²) in [6, 6.07) is 0.523. The minimum absolute atomic E-state index is 0. The first-order valence-electron chi connectivity index (χ1n) is 10.9. The van der Waals surface area contributed by atoms with Gasteiger partial charge in [-0.15, -0.1) is 24.0 Å². The third kappa shape index (κ3) is 9.26. The van der Waals surface area contributed by atoms with Crippen molar-refractivity contribution in [2.45, 2.75) is 58.4 Å². The van der Waals surface area contributed by atoms with E-state index < -0.39 is 10.0 Å². The molecular formula is C20H42IN5O2S. The summed E-state index contributed by atoms with van der Waals surface area (Å²) >= 11 is 0. The lowest BCUT2D eigenvalue weighted by molar-refractivity contribution is 0.161. The van der Waals surface area contributed by atoms with Gasteiger partial charge in [-0.2, -0.15) is 0 Å². The SMILES string of the molecule is CN=C(NCC1CCN(S(C)(=O)=O)CC1)NCC(C(C)C)N1CCCCCC1.I. The first-order chi connectivity index (χ1) is 13.3. The van der Waals surface area contributed by atoms with Gasteiger partial charge in [0.15, 0.2) is 5.96 Å². The van der Waals surface area contributed by atoms with Crippen LogP contribution in [0.5, 0.6) is 0 Å². The van der Waals surface area contributed by atoms with E-state index in [0.717, 1.165) is 31.9 Å². The number of guanidine groups is 1. The molecule has 0 saturated carbocycles. The molecule has 0 aliphatic carbocycles. The number of hydrogen-bond acceptors (Lipinski definition) is 4. The Morgan fingerprint density at radius 3 is 2.10 bits per heavy atom. The van der Waals surface area contributed by atoms with Crippen LogP contribution in [0.2, 0.25) is 0 Å². The second kappa shape index (κ2) is 13.3. The van der Waals surface area contributed by atoms with E-state index in [1.807, 2.05) is 7.05 Å². The van der Waals surface area contributed by atoms with Crippen molar-refractivity contribution in [1.82, 2.24) is 19.8 Å². The summed E-state index contributed by atoms with van der Waals surface area (Å²) in [5.74, 6) is 1.94. The standard InChI is InChI=1S/C20H41N5O2S.HI/c1-17(2)19(24-11-7-5-6-8-12-24)16-23-20(21-3)22-15-18-9-13-25(14-10-18)28(4,26)27;/h17-19H,5-16H2,1-4H3,(H2,21,22,23);1H. The Morgan fingerprint density at radius 1 is 1.03 bits per heavy atom. The molecule has 2 aliphatic rings. The fraction of sp³-hybridized carbons (Fsp3) is 0.950. The van der Waals surface area contributed by atoms with Crippen molar-refractivity contribution in [3.63, 3.8) is 0 Å². The maximum absolute atomic E-state index is 11.6. The minimum Gasteiger partial charge on any atom is -0.356 e. The first kappa shape index (κ1) is 26.9. The fourth-order valence-corrected chi connectivity index (χ4v) is 5.20. The summed E-state index contributed by atoms with van der Waals surface area (Å²) in [7, 11) is -1.24. The third-order valence-corrected chi connectivity index (χ3v) is 7.49. The van der Waals surface area contributed by atoms with Crippen LogP contribution in [-0.2, 0) is 10.0 Å². The van der Waals surface area contributed by atoms with Gasteiger partial charge in [-0.25, -0.2) is 12.7 Å². The quantitative estimate of drug-likeness (QED) is 0.293. The number of piperidine rings is 1. The largest absolute Gasteiger partial charge is 0.356 e. The predicted octanol–water partition coefficient (Wildman–Crippen LogP) is 2.34. The zero-order chi connectivity index (χ0) is 20.6. The van der Waals surface area contributed by atoms with Gasteiger partial charge in [0.05, 0.1) is 6.26 Å². The van der Waals surface area contributed by atoms with Gasteiger partial charge >= 0.3 is 0 Å². The van der Waals surface area contributed by atoms with Crippen LogP contribution in [0, 0.1) is 11.8 Å². The van der Waals surface area contributed by atoms with Gasteiger partial charge in [0.2, 0.25) is 10.0 Å². The molecule has 0 radical (unpaired) electrons. The van der Waals surface area contributed by atoms with Crippen LogP contribution in [0.3, 0.4) is 0 Å². The van der Waals surface area contributed by atoms with Crippen LogP contribution >= 0.6 is 24.0 Å². The summed E-state index contributed by atoms with van der Waals surface area (Å²) in [5, 5.41) is 6.99. The zero-order valence-corrected chi connectivity index (χ0v) is 21.8. The Bertz CT molecular complexity index is 584. The number of nitrogens with zero attached hydrogens (tertiary/aromatic N) is 3. The summed E-state index contributed by atoms with van der Waals surface area (Å²) < 4.78 is 24.9. The maximum atomic E-state index is 11.6. The van der Waals surface area contributed by atoms with Crippen LogP contribution in [-0.4, -0.2) is 82.2 Å². The average Bonchev–Trinajstić information content (AvgIpc) is 2.93. The maximum Gasteiger partial charge on any atom is 0.211 e. The Labute approximate surface area is 195 Å². The minimum atomic E-state index is -3.05. The van der Waals surface area contributed by atoms with E-state index in [9.17, 15) is 8.42 Å². The number of rotatable bonds is 7. The van der Waals surface area contributed by atoms with Gasteiger partial charge < -0.3 is 10.6 Å². The molecular weight excluding hydrogens is 501 g/mol. The van der Waals surface area contributed by atoms with Crippen LogP contribution in [0.25, 0.3) is 0 Å². The third-order valence-electron chi connectivity index (χ3n) is 6.18. The molecule has 0 aromatic rings. The number of sulfonamides is 1. The van der Waals surface area contributed by atoms with Crippen LogP contribution in [0.15, 0.2) is 4.99 Å². The zero-order valence-electron chi connectivity index (χ0n) is 18.7. The Balaban J connectivity index is 0.00000420.